The summed E-state index contributed by atoms with van der Waals surface area (Å²) in [5.41, 5.74) is 2.78. The van der Waals surface area contributed by atoms with Crippen molar-refractivity contribution in [1.29, 1.82) is 0 Å². The van der Waals surface area contributed by atoms with Crippen LogP contribution in [0.15, 0.2) is 88.6 Å². The molecule has 0 atom stereocenters. The Kier molecular flexibility index (Phi) is 4.07. The van der Waals surface area contributed by atoms with Gasteiger partial charge in [-0.2, -0.15) is 0 Å². The highest BCUT2D eigenvalue weighted by Gasteiger charge is 2.27. The first-order valence-electron chi connectivity index (χ1n) is 8.69. The Morgan fingerprint density at radius 2 is 1.61 bits per heavy atom. The van der Waals surface area contributed by atoms with E-state index in [1.807, 2.05) is 69.9 Å². The Morgan fingerprint density at radius 1 is 0.821 bits per heavy atom. The summed E-state index contributed by atoms with van der Waals surface area (Å²) in [5, 5.41) is 3.88. The minimum atomic E-state index is -0.133. The number of carbonyl (C=O) groups excluding carboxylic acids is 1. The Labute approximate surface area is 168 Å². The summed E-state index contributed by atoms with van der Waals surface area (Å²) < 4.78 is 3.52. The molecule has 0 saturated heterocycles. The molecule has 28 heavy (non-hydrogen) atoms. The van der Waals surface area contributed by atoms with Crippen LogP contribution < -0.4 is 5.56 Å². The molecule has 0 radical (unpaired) electrons. The molecule has 0 unspecified atom stereocenters. The van der Waals surface area contributed by atoms with Gasteiger partial charge in [-0.1, -0.05) is 24.3 Å². The number of carbonyl (C=O) groups is 1. The fourth-order valence-corrected chi connectivity index (χ4v) is 4.89. The van der Waals surface area contributed by atoms with Crippen LogP contribution in [-0.2, 0) is 0 Å². The average molecular weight is 403 g/mol. The molecule has 0 spiro atoms. The first kappa shape index (κ1) is 16.9. The van der Waals surface area contributed by atoms with Crippen molar-refractivity contribution >= 4 is 34.0 Å². The lowest BCUT2D eigenvalue weighted by Gasteiger charge is -2.08. The minimum Gasteiger partial charge on any atom is -0.311 e. The number of ketones is 1. The highest BCUT2D eigenvalue weighted by atomic mass is 32.1. The maximum atomic E-state index is 13.5. The average Bonchev–Trinajstić information content (AvgIpc) is 3.47. The largest absolute Gasteiger partial charge is 0.311 e. The van der Waals surface area contributed by atoms with Gasteiger partial charge in [0.15, 0.2) is 0 Å². The van der Waals surface area contributed by atoms with Gasteiger partial charge in [0, 0.05) is 28.9 Å². The molecule has 0 saturated carbocycles. The Bertz CT molecular complexity index is 1340. The molecule has 5 aromatic heterocycles. The molecule has 5 rings (SSSR count). The van der Waals surface area contributed by atoms with Crippen LogP contribution in [0.1, 0.15) is 15.4 Å². The van der Waals surface area contributed by atoms with E-state index in [4.69, 9.17) is 0 Å². The van der Waals surface area contributed by atoms with E-state index in [9.17, 15) is 9.59 Å². The van der Waals surface area contributed by atoms with E-state index in [1.54, 1.807) is 28.2 Å². The van der Waals surface area contributed by atoms with Crippen molar-refractivity contribution in [3.8, 4) is 16.1 Å². The Balaban J connectivity index is 1.95. The lowest BCUT2D eigenvalue weighted by molar-refractivity contribution is 0.103. The van der Waals surface area contributed by atoms with Gasteiger partial charge < -0.3 is 4.40 Å². The van der Waals surface area contributed by atoms with Crippen molar-refractivity contribution in [3.05, 3.63) is 105 Å². The van der Waals surface area contributed by atoms with Gasteiger partial charge in [0.2, 0.25) is 5.78 Å². The van der Waals surface area contributed by atoms with E-state index < -0.39 is 0 Å². The molecule has 0 fully saturated rings. The third-order valence-corrected chi connectivity index (χ3v) is 6.36. The summed E-state index contributed by atoms with van der Waals surface area (Å²) in [6.07, 6.45) is 3.63. The summed E-state index contributed by atoms with van der Waals surface area (Å²) in [6.45, 7) is 0. The van der Waals surface area contributed by atoms with Gasteiger partial charge in [0.05, 0.1) is 16.1 Å². The van der Waals surface area contributed by atoms with Crippen LogP contribution >= 0.6 is 22.7 Å². The Hall–Kier alpha value is -3.22. The second-order valence-corrected chi connectivity index (χ2v) is 8.12. The summed E-state index contributed by atoms with van der Waals surface area (Å²) in [4.78, 5) is 27.8. The van der Waals surface area contributed by atoms with E-state index in [1.165, 1.54) is 17.4 Å². The smallest absolute Gasteiger partial charge is 0.255 e. The highest BCUT2D eigenvalue weighted by molar-refractivity contribution is 7.13. The molecule has 136 valence electrons. The van der Waals surface area contributed by atoms with Crippen molar-refractivity contribution < 1.29 is 4.79 Å². The van der Waals surface area contributed by atoms with Gasteiger partial charge in [-0.05, 0) is 41.1 Å². The van der Waals surface area contributed by atoms with Crippen LogP contribution in [-0.4, -0.2) is 14.8 Å². The third-order valence-electron chi connectivity index (χ3n) is 4.61. The van der Waals surface area contributed by atoms with Crippen molar-refractivity contribution in [2.45, 2.75) is 0 Å². The molecule has 6 heteroatoms. The van der Waals surface area contributed by atoms with Crippen LogP contribution in [0.25, 0.3) is 21.6 Å². The topological polar surface area (TPSA) is 43.5 Å². The number of aromatic nitrogens is 2. The van der Waals surface area contributed by atoms with Gasteiger partial charge >= 0.3 is 0 Å². The summed E-state index contributed by atoms with van der Waals surface area (Å²) >= 11 is 2.98. The zero-order valence-corrected chi connectivity index (χ0v) is 16.2. The van der Waals surface area contributed by atoms with Crippen molar-refractivity contribution in [3.63, 3.8) is 0 Å². The van der Waals surface area contributed by atoms with Gasteiger partial charge in [-0.15, -0.1) is 22.7 Å². The lowest BCUT2D eigenvalue weighted by atomic mass is 10.1. The number of thiophene rings is 2. The summed E-state index contributed by atoms with van der Waals surface area (Å²) in [5.74, 6) is -0.0465. The zero-order chi connectivity index (χ0) is 19.1. The number of pyridine rings is 2. The number of fused-ring (bicyclic) bond motifs is 1. The van der Waals surface area contributed by atoms with E-state index >= 15 is 0 Å². The number of hydrogen-bond donors (Lipinski definition) is 0. The maximum Gasteiger partial charge on any atom is 0.255 e. The monoisotopic (exact) mass is 402 g/mol. The van der Waals surface area contributed by atoms with Gasteiger partial charge in [-0.25, -0.2) is 0 Å². The maximum absolute atomic E-state index is 13.5. The molecule has 0 aliphatic rings. The van der Waals surface area contributed by atoms with Crippen molar-refractivity contribution in [2.24, 2.45) is 0 Å². The van der Waals surface area contributed by atoms with Crippen LogP contribution in [0.3, 0.4) is 0 Å². The molecule has 0 aromatic carbocycles. The molecule has 0 aliphatic carbocycles. The fraction of sp³-hybridized carbons (Fsp3) is 0. The van der Waals surface area contributed by atoms with E-state index in [0.29, 0.717) is 10.6 Å². The predicted octanol–water partition coefficient (Wildman–Crippen LogP) is 5.11. The fourth-order valence-electron chi connectivity index (χ4n) is 3.45. The van der Waals surface area contributed by atoms with Gasteiger partial charge in [0.1, 0.15) is 5.69 Å². The number of rotatable bonds is 4. The summed E-state index contributed by atoms with van der Waals surface area (Å²) in [6, 6.07) is 18.5. The highest BCUT2D eigenvalue weighted by Crippen LogP contribution is 2.39. The SMILES string of the molecule is O=C(c1cccs1)c1c(-c2cccs2)c(-n2ccccc2=O)c2ccccn12. The van der Waals surface area contributed by atoms with E-state index in [2.05, 4.69) is 0 Å². The van der Waals surface area contributed by atoms with Gasteiger partial charge in [0.25, 0.3) is 5.56 Å². The number of nitrogens with zero attached hydrogens (tertiary/aromatic N) is 2. The van der Waals surface area contributed by atoms with Gasteiger partial charge in [-0.3, -0.25) is 14.2 Å². The third kappa shape index (κ3) is 2.58. The molecule has 0 amide bonds. The molecule has 0 bridgehead atoms. The molecule has 0 aliphatic heterocycles. The van der Waals surface area contributed by atoms with Crippen LogP contribution in [0, 0.1) is 0 Å². The van der Waals surface area contributed by atoms with E-state index in [-0.39, 0.29) is 11.3 Å². The quantitative estimate of drug-likeness (QED) is 0.392. The normalized spacial score (nSPS) is 11.1. The number of hydrogen-bond acceptors (Lipinski definition) is 4. The van der Waals surface area contributed by atoms with Crippen LogP contribution in [0.5, 0.6) is 0 Å². The zero-order valence-electron chi connectivity index (χ0n) is 14.6. The standard InChI is InChI=1S/C22H14N2O2S2/c25-18-10-2-4-12-24(18)20-15-7-1-3-11-23(15)21(19(20)16-8-5-13-27-16)22(26)17-9-6-14-28-17/h1-14H. The second-order valence-electron chi connectivity index (χ2n) is 6.22. The van der Waals surface area contributed by atoms with Crippen LogP contribution in [0.4, 0.5) is 0 Å². The predicted molar refractivity (Wildman–Crippen MR) is 114 cm³/mol. The molecular weight excluding hydrogens is 388 g/mol. The van der Waals surface area contributed by atoms with E-state index in [0.717, 1.165) is 21.6 Å². The lowest BCUT2D eigenvalue weighted by Crippen LogP contribution is -2.16. The summed E-state index contributed by atoms with van der Waals surface area (Å²) in [7, 11) is 0. The molecular formula is C22H14N2O2S2. The first-order chi connectivity index (χ1) is 13.8. The molecule has 4 nitrogen and oxygen atoms in total. The minimum absolute atomic E-state index is 0.0465. The molecule has 5 aromatic rings. The molecule has 0 N–H and O–H groups in total. The molecule has 5 heterocycles. The second kappa shape index (κ2) is 6.74. The van der Waals surface area contributed by atoms with Crippen molar-refractivity contribution in [2.75, 3.05) is 0 Å². The van der Waals surface area contributed by atoms with Crippen LogP contribution in [0.2, 0.25) is 0 Å². The van der Waals surface area contributed by atoms with Crippen molar-refractivity contribution in [1.82, 2.24) is 8.97 Å². The Morgan fingerprint density at radius 3 is 2.36 bits per heavy atom. The first-order valence-corrected chi connectivity index (χ1v) is 10.4.